The van der Waals surface area contributed by atoms with Crippen molar-refractivity contribution >= 4 is 0 Å². The van der Waals surface area contributed by atoms with Gasteiger partial charge in [0.25, 0.3) is 0 Å². The molecule has 0 aliphatic carbocycles. The van der Waals surface area contributed by atoms with Gasteiger partial charge in [-0.1, -0.05) is 49.8 Å². The second-order valence-electron chi connectivity index (χ2n) is 3.55. The average Bonchev–Trinajstić information content (AvgIpc) is 2.29. The maximum Gasteiger partial charge on any atom is 0.0580 e. The molecule has 0 aliphatic rings. The Morgan fingerprint density at radius 3 is 2.67 bits per heavy atom. The minimum absolute atomic E-state index is 0.790. The van der Waals surface area contributed by atoms with Crippen LogP contribution < -0.4 is 5.32 Å². The standard InChI is InChI=1S/C14H19N/c1-2-3-7-12-15-13-8-11-14-9-5-4-6-10-14/h4-6,9-10,15H,2-3,7,12-13H2,1H3. The first-order valence-electron chi connectivity index (χ1n) is 5.68. The lowest BCUT2D eigenvalue weighted by Gasteiger charge is -1.97. The second-order valence-corrected chi connectivity index (χ2v) is 3.55. The first-order valence-corrected chi connectivity index (χ1v) is 5.68. The van der Waals surface area contributed by atoms with Crippen molar-refractivity contribution in [2.24, 2.45) is 0 Å². The molecule has 1 heteroatoms. The Morgan fingerprint density at radius 1 is 1.13 bits per heavy atom. The molecule has 0 unspecified atom stereocenters. The molecule has 1 nitrogen and oxygen atoms in total. The van der Waals surface area contributed by atoms with Crippen molar-refractivity contribution in [3.8, 4) is 11.8 Å². The Bertz CT molecular complexity index is 305. The molecule has 0 fully saturated rings. The Balaban J connectivity index is 2.12. The van der Waals surface area contributed by atoms with Gasteiger partial charge in [-0.15, -0.1) is 0 Å². The van der Waals surface area contributed by atoms with Crippen LogP contribution in [0.25, 0.3) is 0 Å². The quantitative estimate of drug-likeness (QED) is 0.570. The molecule has 0 bridgehead atoms. The molecule has 1 aromatic rings. The number of hydrogen-bond acceptors (Lipinski definition) is 1. The molecule has 0 radical (unpaired) electrons. The van der Waals surface area contributed by atoms with Gasteiger partial charge in [-0.05, 0) is 25.1 Å². The zero-order chi connectivity index (χ0) is 10.8. The van der Waals surface area contributed by atoms with Crippen molar-refractivity contribution in [1.29, 1.82) is 0 Å². The van der Waals surface area contributed by atoms with E-state index in [-0.39, 0.29) is 0 Å². The highest BCUT2D eigenvalue weighted by Crippen LogP contribution is 1.94. The van der Waals surface area contributed by atoms with Gasteiger partial charge in [0.15, 0.2) is 0 Å². The summed E-state index contributed by atoms with van der Waals surface area (Å²) in [6.45, 7) is 4.09. The van der Waals surface area contributed by atoms with Crippen molar-refractivity contribution in [3.63, 3.8) is 0 Å². The zero-order valence-electron chi connectivity index (χ0n) is 9.42. The van der Waals surface area contributed by atoms with Crippen LogP contribution in [0.3, 0.4) is 0 Å². The van der Waals surface area contributed by atoms with Crippen molar-refractivity contribution in [3.05, 3.63) is 35.9 Å². The van der Waals surface area contributed by atoms with Gasteiger partial charge in [0.05, 0.1) is 6.54 Å². The van der Waals surface area contributed by atoms with Crippen LogP contribution in [0.1, 0.15) is 31.7 Å². The van der Waals surface area contributed by atoms with Crippen LogP contribution in [-0.4, -0.2) is 13.1 Å². The van der Waals surface area contributed by atoms with E-state index in [4.69, 9.17) is 0 Å². The van der Waals surface area contributed by atoms with E-state index in [0.29, 0.717) is 0 Å². The Hall–Kier alpha value is -1.26. The Morgan fingerprint density at radius 2 is 1.93 bits per heavy atom. The molecule has 0 spiro atoms. The number of rotatable bonds is 5. The summed E-state index contributed by atoms with van der Waals surface area (Å²) in [7, 11) is 0. The van der Waals surface area contributed by atoms with Gasteiger partial charge in [0.1, 0.15) is 0 Å². The average molecular weight is 201 g/mol. The number of unbranched alkanes of at least 4 members (excludes halogenated alkanes) is 2. The molecule has 1 aromatic carbocycles. The summed E-state index contributed by atoms with van der Waals surface area (Å²) in [5, 5.41) is 3.32. The summed E-state index contributed by atoms with van der Waals surface area (Å²) in [6, 6.07) is 10.1. The van der Waals surface area contributed by atoms with Crippen LogP contribution in [0.5, 0.6) is 0 Å². The normalized spacial score (nSPS) is 9.40. The first-order chi connectivity index (χ1) is 7.43. The summed E-state index contributed by atoms with van der Waals surface area (Å²) in [5.41, 5.74) is 1.09. The molecule has 0 atom stereocenters. The Kier molecular flexibility index (Phi) is 6.36. The highest BCUT2D eigenvalue weighted by molar-refractivity contribution is 5.33. The summed E-state index contributed by atoms with van der Waals surface area (Å²) >= 11 is 0. The number of benzene rings is 1. The van der Waals surface area contributed by atoms with Crippen molar-refractivity contribution in [2.75, 3.05) is 13.1 Å². The minimum atomic E-state index is 0.790. The molecular formula is C14H19N. The van der Waals surface area contributed by atoms with Crippen molar-refractivity contribution in [1.82, 2.24) is 5.32 Å². The van der Waals surface area contributed by atoms with E-state index < -0.39 is 0 Å². The van der Waals surface area contributed by atoms with E-state index in [1.165, 1.54) is 19.3 Å². The van der Waals surface area contributed by atoms with Gasteiger partial charge >= 0.3 is 0 Å². The third-order valence-corrected chi connectivity index (χ3v) is 2.18. The fraction of sp³-hybridized carbons (Fsp3) is 0.429. The molecule has 1 N–H and O–H groups in total. The smallest absolute Gasteiger partial charge is 0.0580 e. The third kappa shape index (κ3) is 5.93. The minimum Gasteiger partial charge on any atom is -0.306 e. The van der Waals surface area contributed by atoms with Gasteiger partial charge in [0.2, 0.25) is 0 Å². The van der Waals surface area contributed by atoms with Crippen LogP contribution >= 0.6 is 0 Å². The van der Waals surface area contributed by atoms with E-state index in [0.717, 1.165) is 18.7 Å². The third-order valence-electron chi connectivity index (χ3n) is 2.18. The fourth-order valence-electron chi connectivity index (χ4n) is 1.32. The summed E-state index contributed by atoms with van der Waals surface area (Å²) < 4.78 is 0. The lowest BCUT2D eigenvalue weighted by molar-refractivity contribution is 0.650. The van der Waals surface area contributed by atoms with Crippen LogP contribution in [-0.2, 0) is 0 Å². The van der Waals surface area contributed by atoms with Gasteiger partial charge in [-0.25, -0.2) is 0 Å². The molecule has 0 aromatic heterocycles. The molecule has 0 heterocycles. The van der Waals surface area contributed by atoms with E-state index >= 15 is 0 Å². The summed E-state index contributed by atoms with van der Waals surface area (Å²) in [6.07, 6.45) is 3.83. The maximum atomic E-state index is 3.32. The van der Waals surface area contributed by atoms with Gasteiger partial charge in [-0.3, -0.25) is 0 Å². The Labute approximate surface area is 92.9 Å². The molecule has 1 rings (SSSR count). The van der Waals surface area contributed by atoms with Crippen LogP contribution in [0.4, 0.5) is 0 Å². The van der Waals surface area contributed by atoms with Crippen molar-refractivity contribution in [2.45, 2.75) is 26.2 Å². The van der Waals surface area contributed by atoms with Crippen LogP contribution in [0.2, 0.25) is 0 Å². The van der Waals surface area contributed by atoms with Gasteiger partial charge < -0.3 is 5.32 Å². The van der Waals surface area contributed by atoms with Gasteiger partial charge in [0, 0.05) is 5.56 Å². The summed E-state index contributed by atoms with van der Waals surface area (Å²) in [4.78, 5) is 0. The topological polar surface area (TPSA) is 12.0 Å². The number of nitrogens with one attached hydrogen (secondary N) is 1. The molecule has 0 saturated heterocycles. The lowest BCUT2D eigenvalue weighted by Crippen LogP contribution is -2.15. The maximum absolute atomic E-state index is 3.32. The monoisotopic (exact) mass is 201 g/mol. The van der Waals surface area contributed by atoms with E-state index in [1.54, 1.807) is 0 Å². The first kappa shape index (κ1) is 11.8. The molecule has 80 valence electrons. The van der Waals surface area contributed by atoms with E-state index in [1.807, 2.05) is 30.3 Å². The molecular weight excluding hydrogens is 182 g/mol. The SMILES string of the molecule is CCCCCNCC#Cc1ccccc1. The molecule has 0 aliphatic heterocycles. The predicted molar refractivity (Wildman–Crippen MR) is 65.7 cm³/mol. The van der Waals surface area contributed by atoms with E-state index in [2.05, 4.69) is 24.1 Å². The molecule has 0 amide bonds. The highest BCUT2D eigenvalue weighted by atomic mass is 14.8. The number of hydrogen-bond donors (Lipinski definition) is 1. The largest absolute Gasteiger partial charge is 0.306 e. The van der Waals surface area contributed by atoms with Crippen LogP contribution in [0.15, 0.2) is 30.3 Å². The molecule has 0 saturated carbocycles. The predicted octanol–water partition coefficient (Wildman–Crippen LogP) is 2.82. The zero-order valence-corrected chi connectivity index (χ0v) is 9.42. The molecule has 15 heavy (non-hydrogen) atoms. The summed E-state index contributed by atoms with van der Waals surface area (Å²) in [5.74, 6) is 6.24. The van der Waals surface area contributed by atoms with Gasteiger partial charge in [-0.2, -0.15) is 0 Å². The lowest BCUT2D eigenvalue weighted by atomic mass is 10.2. The highest BCUT2D eigenvalue weighted by Gasteiger charge is 1.84. The fourth-order valence-corrected chi connectivity index (χ4v) is 1.32. The van der Waals surface area contributed by atoms with Crippen LogP contribution in [0, 0.1) is 11.8 Å². The second kappa shape index (κ2) is 8.08. The van der Waals surface area contributed by atoms with E-state index in [9.17, 15) is 0 Å². The van der Waals surface area contributed by atoms with Crippen molar-refractivity contribution < 1.29 is 0 Å².